The summed E-state index contributed by atoms with van der Waals surface area (Å²) < 4.78 is 29.9. The highest BCUT2D eigenvalue weighted by atomic mass is 79.9. The average Bonchev–Trinajstić information content (AvgIpc) is 0.813. The molecule has 0 saturated carbocycles. The van der Waals surface area contributed by atoms with E-state index in [0.29, 0.717) is 106 Å². The Kier molecular flexibility index (Phi) is 32.8. The molecule has 0 aliphatic carbocycles. The summed E-state index contributed by atoms with van der Waals surface area (Å²) in [5.41, 5.74) is 5.25. The summed E-state index contributed by atoms with van der Waals surface area (Å²) in [4.78, 5) is 0. The number of fused-ring (bicyclic) bond motifs is 6. The molecule has 0 fully saturated rings. The van der Waals surface area contributed by atoms with Crippen LogP contribution in [0.2, 0.25) is 20.1 Å². The lowest BCUT2D eigenvalue weighted by molar-refractivity contribution is 0.373. The van der Waals surface area contributed by atoms with E-state index in [1.165, 1.54) is 140 Å². The van der Waals surface area contributed by atoms with Gasteiger partial charge in [0, 0.05) is 144 Å². The van der Waals surface area contributed by atoms with Crippen molar-refractivity contribution in [3.63, 3.8) is 0 Å². The predicted molar refractivity (Wildman–Crippen MR) is 513 cm³/mol. The molecule has 36 heteroatoms. The van der Waals surface area contributed by atoms with E-state index in [9.17, 15) is 97.0 Å². The Hall–Kier alpha value is -11.9. The third kappa shape index (κ3) is 25.9. The molecule has 12 aromatic rings. The normalized spacial score (nSPS) is 14.8. The monoisotopic (exact) mass is 2120 g/mol. The van der Waals surface area contributed by atoms with Gasteiger partial charge >= 0.3 is 0 Å². The van der Waals surface area contributed by atoms with Crippen LogP contribution in [0, 0.1) is 0 Å². The van der Waals surface area contributed by atoms with Crippen LogP contribution in [-0.2, 0) is 77.0 Å². The van der Waals surface area contributed by atoms with Crippen LogP contribution in [0.1, 0.15) is 66.8 Å². The summed E-state index contributed by atoms with van der Waals surface area (Å²) in [5.74, 6) is -4.72. The molecule has 686 valence electrons. The molecule has 0 atom stereocenters. The smallest absolute Gasteiger partial charge is 0.210 e. The van der Waals surface area contributed by atoms with Crippen molar-refractivity contribution >= 4 is 148 Å². The van der Waals surface area contributed by atoms with Gasteiger partial charge in [0.15, 0.2) is 57.5 Å². The molecular formula is C96H74Br2Cl10O24. The van der Waals surface area contributed by atoms with Crippen LogP contribution in [0.15, 0.2) is 227 Å². The average molecular weight is 2130 g/mol. The van der Waals surface area contributed by atoms with Gasteiger partial charge in [0.2, 0.25) is 23.0 Å². The van der Waals surface area contributed by atoms with Crippen LogP contribution < -0.4 is 23.7 Å². The number of hydrogen-bond donors (Lipinski definition) is 19. The number of allylic oxidation sites excluding steroid dienone is 12. The maximum absolute atomic E-state index is 10.7. The summed E-state index contributed by atoms with van der Waals surface area (Å²) in [6.45, 7) is 0. The van der Waals surface area contributed by atoms with Crippen molar-refractivity contribution in [3.8, 4) is 167 Å². The van der Waals surface area contributed by atoms with Crippen LogP contribution >= 0.6 is 148 Å². The number of phenolic OH excluding ortho intramolecular Hbond substituents is 19. The van der Waals surface area contributed by atoms with E-state index in [1.54, 1.807) is 42.5 Å². The second kappa shape index (κ2) is 43.7. The molecule has 6 heterocycles. The van der Waals surface area contributed by atoms with E-state index in [1.807, 2.05) is 0 Å². The zero-order valence-corrected chi connectivity index (χ0v) is 78.7. The number of halogens is 12. The molecular weight excluding hydrogens is 2050 g/mol. The topological polar surface area (TPSA) is 431 Å². The van der Waals surface area contributed by atoms with E-state index in [2.05, 4.69) is 31.9 Å². The Morgan fingerprint density at radius 1 is 0.288 bits per heavy atom. The van der Waals surface area contributed by atoms with Crippen molar-refractivity contribution < 1.29 is 121 Å². The lowest BCUT2D eigenvalue weighted by Gasteiger charge is -2.16. The van der Waals surface area contributed by atoms with Gasteiger partial charge in [0.1, 0.15) is 86.2 Å². The Bertz CT molecular complexity index is 6440. The highest BCUT2D eigenvalue weighted by Gasteiger charge is 2.26. The summed E-state index contributed by atoms with van der Waals surface area (Å²) >= 11 is 70.0. The van der Waals surface area contributed by atoms with E-state index in [0.717, 1.165) is 6.07 Å². The first-order valence-electron chi connectivity index (χ1n) is 39.0. The lowest BCUT2D eigenvalue weighted by atomic mass is 10.1. The molecule has 0 amide bonds. The number of hydrogen-bond acceptors (Lipinski definition) is 24. The third-order valence-corrected chi connectivity index (χ3v) is 24.0. The molecule has 132 heavy (non-hydrogen) atoms. The Balaban J connectivity index is 0.000000179. The molecule has 19 N–H and O–H groups in total. The van der Waals surface area contributed by atoms with Gasteiger partial charge in [-0.25, -0.2) is 0 Å². The van der Waals surface area contributed by atoms with Crippen LogP contribution in [0.25, 0.3) is 0 Å². The maximum atomic E-state index is 10.7. The Morgan fingerprint density at radius 3 is 1.02 bits per heavy atom. The molecule has 12 aromatic carbocycles. The zero-order chi connectivity index (χ0) is 95.5. The van der Waals surface area contributed by atoms with E-state index < -0.39 is 11.5 Å². The number of phenols is 19. The largest absolute Gasteiger partial charge is 0.508 e. The van der Waals surface area contributed by atoms with Crippen molar-refractivity contribution in [2.45, 2.75) is 77.0 Å². The first-order chi connectivity index (χ1) is 62.5. The highest BCUT2D eigenvalue weighted by molar-refractivity contribution is 9.11. The fourth-order valence-electron chi connectivity index (χ4n) is 13.5. The molecule has 6 aliphatic heterocycles. The van der Waals surface area contributed by atoms with Crippen LogP contribution in [-0.4, -0.2) is 97.0 Å². The van der Waals surface area contributed by atoms with Crippen LogP contribution in [0.3, 0.4) is 0 Å². The van der Waals surface area contributed by atoms with Gasteiger partial charge in [-0.3, -0.25) is 0 Å². The molecule has 24 nitrogen and oxygen atoms in total. The van der Waals surface area contributed by atoms with Crippen LogP contribution in [0.5, 0.6) is 167 Å². The molecule has 18 rings (SSSR count). The number of aromatic hydroxyl groups is 19. The Morgan fingerprint density at radius 2 is 0.614 bits per heavy atom. The highest BCUT2D eigenvalue weighted by Crippen LogP contribution is 2.52. The summed E-state index contributed by atoms with van der Waals surface area (Å²) in [7, 11) is 0. The Labute approximate surface area is 819 Å². The maximum Gasteiger partial charge on any atom is 0.210 e. The van der Waals surface area contributed by atoms with Crippen molar-refractivity contribution in [1.29, 1.82) is 0 Å². The van der Waals surface area contributed by atoms with Gasteiger partial charge in [0.05, 0.1) is 29.0 Å². The van der Waals surface area contributed by atoms with Crippen molar-refractivity contribution in [1.82, 2.24) is 0 Å². The molecule has 14 bridgehead atoms. The fourth-order valence-corrected chi connectivity index (χ4v) is 16.4. The third-order valence-electron chi connectivity index (χ3n) is 19.9. The number of benzene rings is 12. The van der Waals surface area contributed by atoms with E-state index >= 15 is 0 Å². The van der Waals surface area contributed by atoms with E-state index in [-0.39, 0.29) is 252 Å². The van der Waals surface area contributed by atoms with Gasteiger partial charge < -0.3 is 121 Å². The first-order valence-corrected chi connectivity index (χ1v) is 44.4. The zero-order valence-electron chi connectivity index (χ0n) is 68.0. The van der Waals surface area contributed by atoms with Gasteiger partial charge in [0.25, 0.3) is 0 Å². The first kappa shape index (κ1) is 99.2. The molecule has 6 aliphatic rings. The lowest BCUT2D eigenvalue weighted by Crippen LogP contribution is -1.97. The van der Waals surface area contributed by atoms with Gasteiger partial charge in [-0.05, 0) is 213 Å². The van der Waals surface area contributed by atoms with Crippen molar-refractivity contribution in [2.75, 3.05) is 0 Å². The van der Waals surface area contributed by atoms with Crippen molar-refractivity contribution in [3.05, 3.63) is 314 Å². The SMILES string of the molecule is Oc1cc(Cl)c2cc1C/C=C(/Cl)Cc1cc(O)c(c(O)c1)Oc1cc(c(O)cc1Cl)C/C=C(/Cl)Cc1cc(O)c(c(O)c1)O2.Oc1cc(O)c2c(c1)C/C(Cl)=C\Cc1cc(c(Br)cc1O)Oc1c(O)cc(cc1O)C/C(Cl)=C\Cc1cc(c(Br)cc1O)O2.Oc1cc(O)cc(C/C(Cl)=C\Cc2cc(Oc3c(O)cc(C/C(Cl)=C\Cc4cc(O)c(Cl)cc4O)cc3O)c(Cl)cc2O)c1. The van der Waals surface area contributed by atoms with Crippen LogP contribution in [0.4, 0.5) is 0 Å². The minimum absolute atomic E-state index is 0.0157. The predicted octanol–water partition coefficient (Wildman–Crippen LogP) is 26.6. The fraction of sp³-hybridized carbons (Fsp3) is 0.125. The number of rotatable bonds is 10. The standard InChI is InChI=1S/C32H24Br2Cl2O8.C32H24Cl4O8.C32H26Cl4O8/c33-22-13-24(38)16-1-3-19(35)5-15-6-26(40)32(27(41)7-15)44-30-11-17(25(39)14-23(30)34)2-4-20(36)8-18-9-21(37)12-28(42)31(18)43-29(22)10-16;33-19-3-1-17-11-29(21(35)13-23(17)37)43-31-27(41)9-16(10-28(31)42)6-20(34)4-2-18-12-30(22(36)14-24(18)38)44-32-25(39)7-15(5-19)8-26(32)40;33-20(5-16-7-22(37)13-23(38)8-16)4-2-19-12-31(25(36)15-27(19)40)44-32-29(42)9-17(10-30(32)43)6-21(34)3-1-18-11-28(41)24(35)14-26(18)39/h3-4,6-7,9-14,37-42H,1-2,5,8H2;3-4,7-14,37-42H,1-2,5-6H2;3-4,7-15,37-43H,1-2,5-6H2/b2*19-3+,20-4+;20-4+,21-3+. The second-order valence-corrected chi connectivity index (χ2v) is 36.1. The molecule has 0 aromatic heterocycles. The van der Waals surface area contributed by atoms with Gasteiger partial charge in [-0.2, -0.15) is 0 Å². The van der Waals surface area contributed by atoms with Gasteiger partial charge in [-0.15, -0.1) is 0 Å². The minimum atomic E-state index is -0.396. The second-order valence-electron chi connectivity index (χ2n) is 29.9. The molecule has 0 radical (unpaired) electrons. The van der Waals surface area contributed by atoms with Gasteiger partial charge in [-0.1, -0.05) is 152 Å². The summed E-state index contributed by atoms with van der Waals surface area (Å²) in [5, 5.41) is 200. The van der Waals surface area contributed by atoms with E-state index in [4.69, 9.17) is 140 Å². The minimum Gasteiger partial charge on any atom is -0.508 e. The molecule has 0 saturated heterocycles. The van der Waals surface area contributed by atoms with Crippen molar-refractivity contribution in [2.24, 2.45) is 0 Å². The molecule has 0 spiro atoms. The molecule has 0 unspecified atom stereocenters. The number of ether oxygens (including phenoxy) is 5. The summed E-state index contributed by atoms with van der Waals surface area (Å²) in [6.07, 6.45) is 11.6. The quantitative estimate of drug-likeness (QED) is 0.0565. The summed E-state index contributed by atoms with van der Waals surface area (Å²) in [6, 6.07) is 34.4.